The molecule has 2 fully saturated rings. The molecule has 34 heavy (non-hydrogen) atoms. The number of nitrogens with zero attached hydrogens (tertiary/aromatic N) is 4. The highest BCUT2D eigenvalue weighted by atomic mass is 16.2. The van der Waals surface area contributed by atoms with Crippen molar-refractivity contribution in [1.82, 2.24) is 19.8 Å². The number of rotatable bonds is 8. The maximum absolute atomic E-state index is 12.8. The number of nitrogens with two attached hydrogens (primary N) is 1. The Hall–Kier alpha value is -2.74. The first-order chi connectivity index (χ1) is 16.4. The number of aromatic nitrogens is 2. The number of carbonyl (C=O) groups is 2. The van der Waals surface area contributed by atoms with Crippen molar-refractivity contribution in [1.29, 1.82) is 0 Å². The molecule has 0 bridgehead atoms. The van der Waals surface area contributed by atoms with Gasteiger partial charge in [0, 0.05) is 38.0 Å². The van der Waals surface area contributed by atoms with Crippen molar-refractivity contribution in [2.75, 3.05) is 31.5 Å². The van der Waals surface area contributed by atoms with Crippen LogP contribution in [-0.2, 0) is 16.1 Å². The lowest BCUT2D eigenvalue weighted by molar-refractivity contribution is -0.134. The number of fused-ring (bicyclic) bond motifs is 1. The predicted molar refractivity (Wildman–Crippen MR) is 134 cm³/mol. The monoisotopic (exact) mass is 466 g/mol. The van der Waals surface area contributed by atoms with Crippen LogP contribution in [0.4, 0.5) is 5.82 Å². The molecule has 1 saturated heterocycles. The van der Waals surface area contributed by atoms with Gasteiger partial charge in [0.05, 0.1) is 12.1 Å². The number of anilines is 1. The Morgan fingerprint density at radius 2 is 1.76 bits per heavy atom. The summed E-state index contributed by atoms with van der Waals surface area (Å²) in [6, 6.07) is 7.30. The normalized spacial score (nSPS) is 18.9. The molecular weight excluding hydrogens is 428 g/mol. The molecule has 0 radical (unpaired) electrons. The average Bonchev–Trinajstić information content (AvgIpc) is 2.83. The first-order valence-electron chi connectivity index (χ1n) is 12.7. The second-order valence-electron chi connectivity index (χ2n) is 10.1. The number of carbonyl (C=O) groups excluding carboxylic acids is 2. The van der Waals surface area contributed by atoms with Crippen LogP contribution in [0.1, 0.15) is 58.2 Å². The first kappa shape index (κ1) is 24.4. The van der Waals surface area contributed by atoms with Crippen LogP contribution in [0.15, 0.2) is 24.3 Å². The summed E-state index contributed by atoms with van der Waals surface area (Å²) < 4.78 is 0. The van der Waals surface area contributed by atoms with Crippen molar-refractivity contribution in [3.63, 3.8) is 0 Å². The second kappa shape index (κ2) is 11.1. The summed E-state index contributed by atoms with van der Waals surface area (Å²) in [4.78, 5) is 38.6. The Labute approximate surface area is 202 Å². The molecule has 8 heteroatoms. The molecule has 1 aromatic carbocycles. The van der Waals surface area contributed by atoms with Gasteiger partial charge in [-0.1, -0.05) is 45.2 Å². The molecule has 8 nitrogen and oxygen atoms in total. The van der Waals surface area contributed by atoms with E-state index in [0.717, 1.165) is 37.1 Å². The van der Waals surface area contributed by atoms with E-state index in [-0.39, 0.29) is 5.92 Å². The number of piperazine rings is 1. The third-order valence-electron chi connectivity index (χ3n) is 7.19. The van der Waals surface area contributed by atoms with Gasteiger partial charge in [-0.05, 0) is 36.8 Å². The van der Waals surface area contributed by atoms with Crippen LogP contribution < -0.4 is 11.1 Å². The highest BCUT2D eigenvalue weighted by molar-refractivity contribution is 5.91. The molecule has 1 aliphatic heterocycles. The minimum absolute atomic E-state index is 0.0360. The Bertz CT molecular complexity index is 996. The highest BCUT2D eigenvalue weighted by Gasteiger charge is 2.26. The van der Waals surface area contributed by atoms with Crippen LogP contribution in [0.25, 0.3) is 10.9 Å². The summed E-state index contributed by atoms with van der Waals surface area (Å²) in [5.41, 5.74) is 6.46. The summed E-state index contributed by atoms with van der Waals surface area (Å²) in [6.45, 7) is 7.65. The molecule has 2 heterocycles. The minimum atomic E-state index is -0.509. The average molecular weight is 467 g/mol. The van der Waals surface area contributed by atoms with Crippen molar-refractivity contribution >= 4 is 28.5 Å². The number of benzene rings is 1. The Morgan fingerprint density at radius 1 is 1.06 bits per heavy atom. The Balaban J connectivity index is 1.40. The zero-order chi connectivity index (χ0) is 24.1. The Kier molecular flexibility index (Phi) is 7.98. The van der Waals surface area contributed by atoms with Gasteiger partial charge in [0.25, 0.3) is 0 Å². The molecule has 1 atom stereocenters. The number of para-hydroxylation sites is 1. The smallest absolute Gasteiger partial charge is 0.240 e. The zero-order valence-electron chi connectivity index (χ0n) is 20.5. The van der Waals surface area contributed by atoms with Gasteiger partial charge in [0.2, 0.25) is 11.8 Å². The van der Waals surface area contributed by atoms with Crippen LogP contribution in [0.5, 0.6) is 0 Å². The van der Waals surface area contributed by atoms with Gasteiger partial charge in [-0.2, -0.15) is 0 Å². The van der Waals surface area contributed by atoms with E-state index in [9.17, 15) is 9.59 Å². The van der Waals surface area contributed by atoms with E-state index in [1.807, 2.05) is 43.0 Å². The summed E-state index contributed by atoms with van der Waals surface area (Å²) in [5.74, 6) is 1.87. The van der Waals surface area contributed by atoms with E-state index in [1.165, 1.54) is 32.1 Å². The molecule has 3 N–H and O–H groups in total. The lowest BCUT2D eigenvalue weighted by Crippen LogP contribution is -2.48. The molecule has 1 saturated carbocycles. The van der Waals surface area contributed by atoms with E-state index in [0.29, 0.717) is 36.4 Å². The molecule has 2 amide bonds. The molecule has 1 aromatic heterocycles. The van der Waals surface area contributed by atoms with Crippen molar-refractivity contribution < 1.29 is 9.59 Å². The predicted octanol–water partition coefficient (Wildman–Crippen LogP) is 3.17. The van der Waals surface area contributed by atoms with Crippen LogP contribution >= 0.6 is 0 Å². The number of nitrogens with one attached hydrogen (secondary N) is 1. The largest absolute Gasteiger partial charge is 0.368 e. The molecule has 2 aliphatic rings. The van der Waals surface area contributed by atoms with Gasteiger partial charge in [-0.3, -0.25) is 14.5 Å². The molecule has 1 aliphatic carbocycles. The number of primary amides is 1. The molecular formula is C26H38N6O2. The van der Waals surface area contributed by atoms with Gasteiger partial charge in [-0.15, -0.1) is 0 Å². The lowest BCUT2D eigenvalue weighted by Gasteiger charge is -2.35. The fourth-order valence-electron chi connectivity index (χ4n) is 5.14. The maximum atomic E-state index is 12.8. The van der Waals surface area contributed by atoms with Crippen LogP contribution in [-0.4, -0.2) is 63.8 Å². The molecule has 2 aromatic rings. The van der Waals surface area contributed by atoms with E-state index in [4.69, 9.17) is 15.7 Å². The number of hydrogen-bond donors (Lipinski definition) is 2. The fraction of sp³-hybridized carbons (Fsp3) is 0.615. The Morgan fingerprint density at radius 3 is 2.44 bits per heavy atom. The van der Waals surface area contributed by atoms with E-state index < -0.39 is 11.9 Å². The number of amides is 2. The van der Waals surface area contributed by atoms with E-state index >= 15 is 0 Å². The third-order valence-corrected chi connectivity index (χ3v) is 7.19. The lowest BCUT2D eigenvalue weighted by atomic mass is 9.86. The molecule has 0 unspecified atom stereocenters. The van der Waals surface area contributed by atoms with Crippen LogP contribution in [0, 0.1) is 11.8 Å². The van der Waals surface area contributed by atoms with E-state index in [2.05, 4.69) is 10.2 Å². The standard InChI is InChI=1S/C26H38N6O2/c1-18(2)24(25(27)34)30-26-20-10-6-7-11-21(20)28-22(29-26)17-31-12-14-32(15-13-31)23(33)16-19-8-4-3-5-9-19/h6-7,10-11,18-19,24H,3-5,8-9,12-17H2,1-2H3,(H2,27,34)(H,28,29,30)/t24-/m0/s1. The van der Waals surface area contributed by atoms with Crippen molar-refractivity contribution in [3.05, 3.63) is 30.1 Å². The quantitative estimate of drug-likeness (QED) is 0.619. The second-order valence-corrected chi connectivity index (χ2v) is 10.1. The van der Waals surface area contributed by atoms with E-state index in [1.54, 1.807) is 0 Å². The maximum Gasteiger partial charge on any atom is 0.240 e. The molecule has 184 valence electrons. The van der Waals surface area contributed by atoms with Gasteiger partial charge in [0.15, 0.2) is 0 Å². The van der Waals surface area contributed by atoms with Gasteiger partial charge in [-0.25, -0.2) is 9.97 Å². The summed E-state index contributed by atoms with van der Waals surface area (Å²) in [6.07, 6.45) is 6.97. The SMILES string of the molecule is CC(C)[C@H](Nc1nc(CN2CCN(C(=O)CC3CCCCC3)CC2)nc2ccccc12)C(N)=O. The fourth-order valence-corrected chi connectivity index (χ4v) is 5.14. The highest BCUT2D eigenvalue weighted by Crippen LogP contribution is 2.27. The minimum Gasteiger partial charge on any atom is -0.368 e. The van der Waals surface area contributed by atoms with Crippen molar-refractivity contribution in [3.8, 4) is 0 Å². The van der Waals surface area contributed by atoms with Gasteiger partial charge in [0.1, 0.15) is 17.7 Å². The third kappa shape index (κ3) is 6.03. The summed E-state index contributed by atoms with van der Waals surface area (Å²) in [5, 5.41) is 4.13. The van der Waals surface area contributed by atoms with Crippen molar-refractivity contribution in [2.24, 2.45) is 17.6 Å². The van der Waals surface area contributed by atoms with Crippen molar-refractivity contribution in [2.45, 2.75) is 65.0 Å². The van der Waals surface area contributed by atoms with Gasteiger partial charge >= 0.3 is 0 Å². The molecule has 0 spiro atoms. The van der Waals surface area contributed by atoms with Crippen LogP contribution in [0.2, 0.25) is 0 Å². The number of hydrogen-bond acceptors (Lipinski definition) is 6. The summed E-state index contributed by atoms with van der Waals surface area (Å²) >= 11 is 0. The zero-order valence-corrected chi connectivity index (χ0v) is 20.5. The topological polar surface area (TPSA) is 104 Å². The van der Waals surface area contributed by atoms with Gasteiger partial charge < -0.3 is 16.0 Å². The van der Waals surface area contributed by atoms with Crippen LogP contribution in [0.3, 0.4) is 0 Å². The summed E-state index contributed by atoms with van der Waals surface area (Å²) in [7, 11) is 0. The molecule has 4 rings (SSSR count). The first-order valence-corrected chi connectivity index (χ1v) is 12.7.